The molecule has 2 aliphatic rings. The molecule has 0 aromatic carbocycles. The quantitative estimate of drug-likeness (QED) is 0.704. The summed E-state index contributed by atoms with van der Waals surface area (Å²) in [6.07, 6.45) is 9.81. The Hall–Kier alpha value is -0.610. The Kier molecular flexibility index (Phi) is 5.44. The topological polar surface area (TPSA) is 52.6 Å². The van der Waals surface area contributed by atoms with Crippen LogP contribution in [-0.2, 0) is 4.79 Å². The molecule has 0 aromatic rings. The second-order valence-electron chi connectivity index (χ2n) is 6.64. The largest absolute Gasteiger partial charge is 0.480 e. The second kappa shape index (κ2) is 6.90. The first-order chi connectivity index (χ1) is 9.60. The van der Waals surface area contributed by atoms with Crippen LogP contribution in [0.25, 0.3) is 0 Å². The highest BCUT2D eigenvalue weighted by molar-refractivity contribution is 5.80. The predicted molar refractivity (Wildman–Crippen MR) is 80.9 cm³/mol. The number of likely N-dealkylation sites (N-methyl/N-ethyl adjacent to an activating group) is 2. The van der Waals surface area contributed by atoms with Gasteiger partial charge < -0.3 is 15.3 Å². The summed E-state index contributed by atoms with van der Waals surface area (Å²) in [7, 11) is 2.12. The van der Waals surface area contributed by atoms with Crippen LogP contribution in [0.3, 0.4) is 0 Å². The van der Waals surface area contributed by atoms with Crippen molar-refractivity contribution >= 4 is 5.97 Å². The molecule has 0 aromatic heterocycles. The Morgan fingerprint density at radius 2 is 1.80 bits per heavy atom. The van der Waals surface area contributed by atoms with E-state index in [2.05, 4.69) is 17.3 Å². The van der Waals surface area contributed by atoms with Gasteiger partial charge >= 0.3 is 5.97 Å². The molecular weight excluding hydrogens is 252 g/mol. The lowest BCUT2D eigenvalue weighted by Crippen LogP contribution is -2.61. The summed E-state index contributed by atoms with van der Waals surface area (Å²) in [5.41, 5.74) is -0.726. The van der Waals surface area contributed by atoms with Crippen LogP contribution in [0.5, 0.6) is 0 Å². The summed E-state index contributed by atoms with van der Waals surface area (Å²) in [5.74, 6) is -0.351. The predicted octanol–water partition coefficient (Wildman–Crippen LogP) is 2.48. The van der Waals surface area contributed by atoms with E-state index in [9.17, 15) is 9.90 Å². The van der Waals surface area contributed by atoms with E-state index in [0.29, 0.717) is 18.5 Å². The number of carbonyl (C=O) groups is 1. The fraction of sp³-hybridized carbons (Fsp3) is 0.938. The summed E-state index contributed by atoms with van der Waals surface area (Å²) in [5, 5.41) is 13.1. The molecule has 0 aliphatic heterocycles. The van der Waals surface area contributed by atoms with Gasteiger partial charge in [-0.2, -0.15) is 0 Å². The number of aliphatic carboxylic acids is 1. The zero-order valence-corrected chi connectivity index (χ0v) is 13.0. The molecule has 0 spiro atoms. The van der Waals surface area contributed by atoms with E-state index in [1.54, 1.807) is 0 Å². The highest BCUT2D eigenvalue weighted by atomic mass is 16.4. The molecule has 0 bridgehead atoms. The minimum atomic E-state index is -0.726. The van der Waals surface area contributed by atoms with Crippen molar-refractivity contribution in [3.05, 3.63) is 0 Å². The van der Waals surface area contributed by atoms with Gasteiger partial charge in [0, 0.05) is 12.6 Å². The minimum Gasteiger partial charge on any atom is -0.480 e. The van der Waals surface area contributed by atoms with Crippen LogP contribution in [0.4, 0.5) is 0 Å². The number of rotatable bonds is 7. The van der Waals surface area contributed by atoms with Crippen LogP contribution in [0.1, 0.15) is 58.3 Å². The van der Waals surface area contributed by atoms with Gasteiger partial charge in [-0.05, 0) is 45.2 Å². The molecule has 1 unspecified atom stereocenters. The van der Waals surface area contributed by atoms with Crippen molar-refractivity contribution in [3.63, 3.8) is 0 Å². The normalized spacial score (nSPS) is 24.4. The maximum atomic E-state index is 11.9. The highest BCUT2D eigenvalue weighted by Gasteiger charge is 2.51. The van der Waals surface area contributed by atoms with Crippen molar-refractivity contribution in [1.82, 2.24) is 10.2 Å². The van der Waals surface area contributed by atoms with Crippen molar-refractivity contribution in [2.45, 2.75) is 69.9 Å². The molecule has 4 heteroatoms. The second-order valence-corrected chi connectivity index (χ2v) is 6.64. The lowest BCUT2D eigenvalue weighted by Gasteiger charge is -2.38. The van der Waals surface area contributed by atoms with Gasteiger partial charge in [-0.3, -0.25) is 4.79 Å². The molecule has 2 aliphatic carbocycles. The summed E-state index contributed by atoms with van der Waals surface area (Å²) < 4.78 is 0. The average Bonchev–Trinajstić information content (AvgIpc) is 3.24. The Morgan fingerprint density at radius 1 is 1.20 bits per heavy atom. The van der Waals surface area contributed by atoms with Crippen molar-refractivity contribution in [1.29, 1.82) is 0 Å². The van der Waals surface area contributed by atoms with Crippen molar-refractivity contribution in [2.24, 2.45) is 5.92 Å². The van der Waals surface area contributed by atoms with Crippen LogP contribution in [0.15, 0.2) is 0 Å². The Balaban J connectivity index is 2.03. The summed E-state index contributed by atoms with van der Waals surface area (Å²) >= 11 is 0. The van der Waals surface area contributed by atoms with Gasteiger partial charge in [-0.15, -0.1) is 0 Å². The third-order valence-electron chi connectivity index (χ3n) is 5.09. The fourth-order valence-electron chi connectivity index (χ4n) is 3.76. The zero-order valence-electron chi connectivity index (χ0n) is 13.0. The smallest absolute Gasteiger partial charge is 0.325 e. The Bertz CT molecular complexity index is 322. The van der Waals surface area contributed by atoms with Gasteiger partial charge in [0.05, 0.1) is 0 Å². The molecule has 20 heavy (non-hydrogen) atoms. The molecular formula is C16H30N2O2. The first kappa shape index (κ1) is 15.8. The number of nitrogens with zero attached hydrogens (tertiary/aromatic N) is 1. The molecule has 0 heterocycles. The molecule has 2 N–H and O–H groups in total. The minimum absolute atomic E-state index is 0.313. The number of nitrogens with one attached hydrogen (secondary N) is 1. The standard InChI is InChI=1S/C16H30N2O2/c1-3-17-16(15(19)20,13-10-11-13)12-18(2)14-8-6-4-5-7-9-14/h13-14,17H,3-12H2,1-2H3,(H,19,20). The highest BCUT2D eigenvalue weighted by Crippen LogP contribution is 2.41. The number of hydrogen-bond donors (Lipinski definition) is 2. The molecule has 2 rings (SSSR count). The SMILES string of the molecule is CCNC(CN(C)C1CCCCCC1)(C(=O)O)C1CC1. The van der Waals surface area contributed by atoms with E-state index in [4.69, 9.17) is 0 Å². The third kappa shape index (κ3) is 3.53. The van der Waals surface area contributed by atoms with E-state index in [1.165, 1.54) is 38.5 Å². The fourth-order valence-corrected chi connectivity index (χ4v) is 3.76. The van der Waals surface area contributed by atoms with Gasteiger partial charge in [0.2, 0.25) is 0 Å². The van der Waals surface area contributed by atoms with Gasteiger partial charge in [0.15, 0.2) is 0 Å². The first-order valence-electron chi connectivity index (χ1n) is 8.29. The zero-order chi connectivity index (χ0) is 14.6. The maximum absolute atomic E-state index is 11.9. The summed E-state index contributed by atoms with van der Waals surface area (Å²) in [4.78, 5) is 14.2. The first-order valence-corrected chi connectivity index (χ1v) is 8.29. The molecule has 0 saturated heterocycles. The van der Waals surface area contributed by atoms with Crippen molar-refractivity contribution in [3.8, 4) is 0 Å². The van der Waals surface area contributed by atoms with Crippen LogP contribution >= 0.6 is 0 Å². The van der Waals surface area contributed by atoms with Crippen LogP contribution < -0.4 is 5.32 Å². The lowest BCUT2D eigenvalue weighted by molar-refractivity contribution is -0.147. The van der Waals surface area contributed by atoms with Gasteiger partial charge in [-0.25, -0.2) is 0 Å². The third-order valence-corrected chi connectivity index (χ3v) is 5.09. The monoisotopic (exact) mass is 282 g/mol. The van der Waals surface area contributed by atoms with Gasteiger partial charge in [0.25, 0.3) is 0 Å². The van der Waals surface area contributed by atoms with Crippen LogP contribution in [-0.4, -0.2) is 47.7 Å². The van der Waals surface area contributed by atoms with Gasteiger partial charge in [0.1, 0.15) is 5.54 Å². The van der Waals surface area contributed by atoms with Crippen molar-refractivity contribution in [2.75, 3.05) is 20.1 Å². The average molecular weight is 282 g/mol. The van der Waals surface area contributed by atoms with E-state index >= 15 is 0 Å². The Labute approximate surface area is 122 Å². The number of carboxylic acid groups (broad SMARTS) is 1. The molecule has 2 saturated carbocycles. The molecule has 0 radical (unpaired) electrons. The van der Waals surface area contributed by atoms with Crippen molar-refractivity contribution < 1.29 is 9.90 Å². The molecule has 0 amide bonds. The molecule has 116 valence electrons. The number of hydrogen-bond acceptors (Lipinski definition) is 3. The van der Waals surface area contributed by atoms with Crippen LogP contribution in [0, 0.1) is 5.92 Å². The Morgan fingerprint density at radius 3 is 2.25 bits per heavy atom. The summed E-state index contributed by atoms with van der Waals surface area (Å²) in [6, 6.07) is 0.564. The van der Waals surface area contributed by atoms with Crippen LogP contribution in [0.2, 0.25) is 0 Å². The maximum Gasteiger partial charge on any atom is 0.325 e. The van der Waals surface area contributed by atoms with Gasteiger partial charge in [-0.1, -0.05) is 32.6 Å². The summed E-state index contributed by atoms with van der Waals surface area (Å²) in [6.45, 7) is 3.37. The molecule has 2 fully saturated rings. The van der Waals surface area contributed by atoms with E-state index in [1.807, 2.05) is 6.92 Å². The number of carboxylic acids is 1. The van der Waals surface area contributed by atoms with E-state index < -0.39 is 11.5 Å². The van der Waals surface area contributed by atoms with E-state index in [-0.39, 0.29) is 0 Å². The van der Waals surface area contributed by atoms with E-state index in [0.717, 1.165) is 19.4 Å². The molecule has 1 atom stereocenters. The molecule has 4 nitrogen and oxygen atoms in total. The lowest BCUT2D eigenvalue weighted by atomic mass is 9.91.